The summed E-state index contributed by atoms with van der Waals surface area (Å²) in [7, 11) is 0. The Morgan fingerprint density at radius 1 is 0.446 bits per heavy atom. The summed E-state index contributed by atoms with van der Waals surface area (Å²) in [4.78, 5) is 2.35. The quantitative estimate of drug-likeness (QED) is 0.126. The number of hydrogen-bond donors (Lipinski definition) is 0. The van der Waals surface area contributed by atoms with Gasteiger partial charge >= 0.3 is 0 Å². The predicted molar refractivity (Wildman–Crippen MR) is 238 cm³/mol. The van der Waals surface area contributed by atoms with E-state index in [9.17, 15) is 0 Å². The van der Waals surface area contributed by atoms with Crippen molar-refractivity contribution in [3.8, 4) is 11.1 Å². The van der Waals surface area contributed by atoms with Crippen molar-refractivity contribution in [1.29, 1.82) is 0 Å². The zero-order valence-corrected chi connectivity index (χ0v) is 31.1. The van der Waals surface area contributed by atoms with Gasteiger partial charge in [-0.2, -0.15) is 0 Å². The summed E-state index contributed by atoms with van der Waals surface area (Å²) in [5.41, 5.74) is 13.0. The predicted octanol–water partition coefficient (Wildman–Crippen LogP) is 15.2. The van der Waals surface area contributed by atoms with E-state index in [2.05, 4.69) is 181 Å². The van der Waals surface area contributed by atoms with Gasteiger partial charge in [0.25, 0.3) is 0 Å². The number of para-hydroxylation sites is 1. The Bertz CT molecular complexity index is 3120. The number of nitrogens with zero attached hydrogens (tertiary/aromatic N) is 1. The molecular weight excluding hydrogens is 679 g/mol. The fourth-order valence-corrected chi connectivity index (χ4v) is 9.10. The molecule has 0 fully saturated rings. The third-order valence-corrected chi connectivity index (χ3v) is 11.8. The first kappa shape index (κ1) is 32.5. The van der Waals surface area contributed by atoms with Gasteiger partial charge in [-0.1, -0.05) is 140 Å². The van der Waals surface area contributed by atoms with Crippen LogP contribution in [0.4, 0.5) is 17.1 Å². The fourth-order valence-electron chi connectivity index (χ4n) is 9.10. The second-order valence-electron chi connectivity index (χ2n) is 15.1. The average molecular weight is 718 g/mol. The van der Waals surface area contributed by atoms with Gasteiger partial charge in [-0.25, -0.2) is 0 Å². The van der Waals surface area contributed by atoms with Gasteiger partial charge in [0.15, 0.2) is 0 Å². The van der Waals surface area contributed by atoms with Crippen molar-refractivity contribution < 1.29 is 4.42 Å². The molecule has 266 valence electrons. The van der Waals surface area contributed by atoms with E-state index in [0.29, 0.717) is 0 Å². The summed E-state index contributed by atoms with van der Waals surface area (Å²) in [6.07, 6.45) is 9.47. The van der Waals surface area contributed by atoms with E-state index in [1.165, 1.54) is 73.8 Å². The molecule has 0 atom stereocenters. The molecule has 1 aromatic heterocycles. The molecular formula is C54H39NO. The van der Waals surface area contributed by atoms with Crippen LogP contribution in [0.3, 0.4) is 0 Å². The summed E-state index contributed by atoms with van der Waals surface area (Å²) in [5.74, 6) is 0. The Morgan fingerprint density at radius 2 is 1.11 bits per heavy atom. The Hall–Kier alpha value is -6.90. The maximum absolute atomic E-state index is 6.23. The molecule has 1 heterocycles. The van der Waals surface area contributed by atoms with Crippen LogP contribution in [-0.2, 0) is 12.8 Å². The molecule has 2 heteroatoms. The van der Waals surface area contributed by atoms with Crippen LogP contribution in [0.5, 0.6) is 0 Å². The molecule has 10 aromatic rings. The van der Waals surface area contributed by atoms with Gasteiger partial charge in [0.2, 0.25) is 0 Å². The lowest BCUT2D eigenvalue weighted by atomic mass is 9.85. The lowest BCUT2D eigenvalue weighted by Crippen LogP contribution is -2.09. The highest BCUT2D eigenvalue weighted by Crippen LogP contribution is 2.41. The molecule has 56 heavy (non-hydrogen) atoms. The Labute approximate surface area is 326 Å². The lowest BCUT2D eigenvalue weighted by molar-refractivity contribution is 0.669. The zero-order chi connectivity index (χ0) is 37.0. The van der Waals surface area contributed by atoms with Crippen LogP contribution in [-0.4, -0.2) is 0 Å². The van der Waals surface area contributed by atoms with Gasteiger partial charge in [0, 0.05) is 27.8 Å². The van der Waals surface area contributed by atoms with Gasteiger partial charge in [-0.15, -0.1) is 0 Å². The van der Waals surface area contributed by atoms with E-state index in [-0.39, 0.29) is 0 Å². The van der Waals surface area contributed by atoms with Crippen molar-refractivity contribution in [3.05, 3.63) is 198 Å². The standard InChI is InChI=1S/C54H39NO/c1-3-14-46-37(9-1)11-8-17-47(46)39-27-31-44(32-28-39)55(45-33-34-52-50(35-45)49-16-5-6-18-51(49)56-52)43-29-20-36(21-30-43)19-22-40-12-7-13-41-25-26-42-24-23-38-10-2-4-15-48(38)54(42)53(40)41/h1,3,5-9,11-14,16-35H,2,4,10,15H2. The van der Waals surface area contributed by atoms with Crippen LogP contribution in [0.1, 0.15) is 35.1 Å². The minimum absolute atomic E-state index is 0.892. The van der Waals surface area contributed by atoms with E-state index < -0.39 is 0 Å². The van der Waals surface area contributed by atoms with Crippen LogP contribution < -0.4 is 4.90 Å². The second-order valence-corrected chi connectivity index (χ2v) is 15.1. The normalized spacial score (nSPS) is 13.0. The van der Waals surface area contributed by atoms with Crippen molar-refractivity contribution in [2.45, 2.75) is 25.7 Å². The maximum Gasteiger partial charge on any atom is 0.135 e. The summed E-state index contributed by atoms with van der Waals surface area (Å²) in [6.45, 7) is 0. The Morgan fingerprint density at radius 3 is 1.98 bits per heavy atom. The van der Waals surface area contributed by atoms with Gasteiger partial charge in [0.05, 0.1) is 0 Å². The van der Waals surface area contributed by atoms with E-state index in [4.69, 9.17) is 4.42 Å². The molecule has 9 aromatic carbocycles. The topological polar surface area (TPSA) is 16.4 Å². The zero-order valence-electron chi connectivity index (χ0n) is 31.1. The Balaban J connectivity index is 0.988. The average Bonchev–Trinajstić information content (AvgIpc) is 3.64. The molecule has 1 aliphatic carbocycles. The van der Waals surface area contributed by atoms with Crippen molar-refractivity contribution >= 4 is 83.5 Å². The van der Waals surface area contributed by atoms with E-state index in [0.717, 1.165) is 51.0 Å². The molecule has 0 amide bonds. The molecule has 2 nitrogen and oxygen atoms in total. The van der Waals surface area contributed by atoms with Crippen molar-refractivity contribution in [2.24, 2.45) is 0 Å². The van der Waals surface area contributed by atoms with Crippen LogP contribution in [0.15, 0.2) is 180 Å². The van der Waals surface area contributed by atoms with Crippen LogP contribution in [0.25, 0.3) is 77.5 Å². The summed E-state index contributed by atoms with van der Waals surface area (Å²) >= 11 is 0. The monoisotopic (exact) mass is 717 g/mol. The third-order valence-electron chi connectivity index (χ3n) is 11.8. The fraction of sp³-hybridized carbons (Fsp3) is 0.0741. The molecule has 0 aliphatic heterocycles. The minimum Gasteiger partial charge on any atom is -0.456 e. The van der Waals surface area contributed by atoms with Crippen molar-refractivity contribution in [1.82, 2.24) is 0 Å². The van der Waals surface area contributed by atoms with Crippen LogP contribution in [0, 0.1) is 0 Å². The molecule has 0 radical (unpaired) electrons. The van der Waals surface area contributed by atoms with E-state index >= 15 is 0 Å². The van der Waals surface area contributed by atoms with Crippen molar-refractivity contribution in [2.75, 3.05) is 4.90 Å². The summed E-state index contributed by atoms with van der Waals surface area (Å²) in [5, 5.41) is 10.2. The molecule has 0 N–H and O–H groups in total. The number of fused-ring (bicyclic) bond motifs is 9. The second kappa shape index (κ2) is 13.4. The number of anilines is 3. The van der Waals surface area contributed by atoms with E-state index in [1.807, 2.05) is 12.1 Å². The highest BCUT2D eigenvalue weighted by atomic mass is 16.3. The maximum atomic E-state index is 6.23. The lowest BCUT2D eigenvalue weighted by Gasteiger charge is -2.26. The van der Waals surface area contributed by atoms with Gasteiger partial charge in [0.1, 0.15) is 11.2 Å². The van der Waals surface area contributed by atoms with Crippen molar-refractivity contribution in [3.63, 3.8) is 0 Å². The Kier molecular flexibility index (Phi) is 7.81. The highest BCUT2D eigenvalue weighted by Gasteiger charge is 2.18. The summed E-state index contributed by atoms with van der Waals surface area (Å²) in [6, 6.07) is 63.9. The molecule has 0 spiro atoms. The number of rotatable bonds is 6. The molecule has 0 saturated carbocycles. The first-order valence-corrected chi connectivity index (χ1v) is 19.8. The minimum atomic E-state index is 0.892. The summed E-state index contributed by atoms with van der Waals surface area (Å²) < 4.78 is 6.23. The largest absolute Gasteiger partial charge is 0.456 e. The van der Waals surface area contributed by atoms with Gasteiger partial charge < -0.3 is 9.32 Å². The van der Waals surface area contributed by atoms with E-state index in [1.54, 1.807) is 5.56 Å². The molecule has 1 aliphatic rings. The molecule has 11 rings (SSSR count). The first-order chi connectivity index (χ1) is 27.7. The van der Waals surface area contributed by atoms with Crippen LogP contribution >= 0.6 is 0 Å². The highest BCUT2D eigenvalue weighted by molar-refractivity contribution is 6.13. The van der Waals surface area contributed by atoms with Gasteiger partial charge in [-0.3, -0.25) is 0 Å². The molecule has 0 unspecified atom stereocenters. The number of furan rings is 1. The molecule has 0 bridgehead atoms. The van der Waals surface area contributed by atoms with Crippen LogP contribution in [0.2, 0.25) is 0 Å². The third kappa shape index (κ3) is 5.57. The SMILES string of the molecule is C(=Cc1cccc2ccc3ccc4c(c3c12)CCCC4)c1ccc(N(c2ccc(-c3cccc4ccccc34)cc2)c2ccc3oc4ccccc4c3c2)cc1. The number of hydrogen-bond acceptors (Lipinski definition) is 2. The smallest absolute Gasteiger partial charge is 0.135 e. The molecule has 0 saturated heterocycles. The number of aryl methyl sites for hydroxylation is 2. The number of benzene rings is 9. The van der Waals surface area contributed by atoms with Gasteiger partial charge in [-0.05, 0) is 140 Å². The first-order valence-electron chi connectivity index (χ1n) is 19.8.